The summed E-state index contributed by atoms with van der Waals surface area (Å²) >= 11 is 0. The Morgan fingerprint density at radius 3 is 2.44 bits per heavy atom. The summed E-state index contributed by atoms with van der Waals surface area (Å²) in [5, 5.41) is 0. The molecule has 0 amide bonds. The first-order valence-electron chi connectivity index (χ1n) is 11.5. The third kappa shape index (κ3) is 4.57. The fourth-order valence-corrected chi connectivity index (χ4v) is 5.80. The molecule has 174 valence electrons. The number of guanidine groups is 1. The maximum Gasteiger partial charge on any atom is 0.262 e. The van der Waals surface area contributed by atoms with Gasteiger partial charge in [-0.3, -0.25) is 9.89 Å². The average Bonchev–Trinajstić information content (AvgIpc) is 3.27. The average molecular weight is 459 g/mol. The highest BCUT2D eigenvalue weighted by Crippen LogP contribution is 2.28. The van der Waals surface area contributed by atoms with Crippen LogP contribution in [-0.4, -0.2) is 80.9 Å². The Kier molecular flexibility index (Phi) is 6.90. The van der Waals surface area contributed by atoms with Crippen molar-refractivity contribution >= 4 is 21.6 Å². The Morgan fingerprint density at radius 2 is 1.78 bits per heavy atom. The Labute approximate surface area is 192 Å². The van der Waals surface area contributed by atoms with Gasteiger partial charge in [-0.15, -0.1) is 0 Å². The molecule has 1 aromatic carbocycles. The van der Waals surface area contributed by atoms with E-state index in [0.717, 1.165) is 49.1 Å². The van der Waals surface area contributed by atoms with Crippen LogP contribution in [0.25, 0.3) is 5.57 Å². The van der Waals surface area contributed by atoms with Gasteiger partial charge in [-0.05, 0) is 44.4 Å². The van der Waals surface area contributed by atoms with Crippen LogP contribution in [0.2, 0.25) is 0 Å². The van der Waals surface area contributed by atoms with Crippen molar-refractivity contribution < 1.29 is 13.2 Å². The molecule has 8 heteroatoms. The molecule has 7 nitrogen and oxygen atoms in total. The molecule has 0 bridgehead atoms. The van der Waals surface area contributed by atoms with Crippen molar-refractivity contribution in [2.75, 3.05) is 46.4 Å². The lowest BCUT2D eigenvalue weighted by Gasteiger charge is -2.44. The van der Waals surface area contributed by atoms with Crippen molar-refractivity contribution in [1.29, 1.82) is 0 Å². The van der Waals surface area contributed by atoms with E-state index in [1.807, 2.05) is 37.3 Å². The second kappa shape index (κ2) is 9.67. The van der Waals surface area contributed by atoms with E-state index in [1.165, 1.54) is 23.6 Å². The number of ether oxygens (including phenoxy) is 1. The van der Waals surface area contributed by atoms with Gasteiger partial charge < -0.3 is 9.64 Å². The Bertz CT molecular complexity index is 1020. The van der Waals surface area contributed by atoms with Crippen LogP contribution in [0.4, 0.5) is 0 Å². The third-order valence-electron chi connectivity index (χ3n) is 6.76. The van der Waals surface area contributed by atoms with E-state index in [4.69, 9.17) is 4.74 Å². The minimum Gasteiger partial charge on any atom is -0.496 e. The smallest absolute Gasteiger partial charge is 0.262 e. The summed E-state index contributed by atoms with van der Waals surface area (Å²) in [7, 11) is -1.98. The first kappa shape index (κ1) is 22.9. The van der Waals surface area contributed by atoms with Gasteiger partial charge in [0.1, 0.15) is 5.75 Å². The monoisotopic (exact) mass is 458 g/mol. The molecule has 1 saturated carbocycles. The summed E-state index contributed by atoms with van der Waals surface area (Å²) < 4.78 is 33.7. The molecule has 0 aromatic heterocycles. The van der Waals surface area contributed by atoms with E-state index in [-0.39, 0.29) is 0 Å². The lowest BCUT2D eigenvalue weighted by molar-refractivity contribution is 0.0833. The molecule has 1 aliphatic carbocycles. The number of para-hydroxylation sites is 1. The van der Waals surface area contributed by atoms with Crippen molar-refractivity contribution in [2.45, 2.75) is 39.2 Å². The minimum absolute atomic E-state index is 0.314. The van der Waals surface area contributed by atoms with E-state index in [9.17, 15) is 8.42 Å². The predicted molar refractivity (Wildman–Crippen MR) is 129 cm³/mol. The van der Waals surface area contributed by atoms with Gasteiger partial charge in [0.05, 0.1) is 25.1 Å². The molecule has 2 fully saturated rings. The fraction of sp³-hybridized carbons (Fsp3) is 0.542. The number of sulfonamides is 1. The number of piperazine rings is 1. The highest BCUT2D eigenvalue weighted by atomic mass is 32.2. The van der Waals surface area contributed by atoms with Gasteiger partial charge in [-0.1, -0.05) is 30.7 Å². The lowest BCUT2D eigenvalue weighted by Crippen LogP contribution is -2.56. The van der Waals surface area contributed by atoms with Crippen LogP contribution in [0.1, 0.15) is 38.7 Å². The van der Waals surface area contributed by atoms with Gasteiger partial charge in [0.2, 0.25) is 5.96 Å². The van der Waals surface area contributed by atoms with Crippen LogP contribution in [0.15, 0.2) is 46.3 Å². The lowest BCUT2D eigenvalue weighted by atomic mass is 9.91. The van der Waals surface area contributed by atoms with Gasteiger partial charge >= 0.3 is 0 Å². The van der Waals surface area contributed by atoms with Crippen LogP contribution >= 0.6 is 0 Å². The molecule has 0 unspecified atom stereocenters. The van der Waals surface area contributed by atoms with Gasteiger partial charge in [-0.2, -0.15) is 0 Å². The molecule has 4 rings (SSSR count). The summed E-state index contributed by atoms with van der Waals surface area (Å²) in [5.74, 6) is 1.38. The van der Waals surface area contributed by atoms with Crippen molar-refractivity contribution in [1.82, 2.24) is 14.1 Å². The van der Waals surface area contributed by atoms with Crippen molar-refractivity contribution in [3.05, 3.63) is 46.9 Å². The number of hydrogen-bond acceptors (Lipinski definition) is 6. The minimum atomic E-state index is -3.62. The van der Waals surface area contributed by atoms with Crippen molar-refractivity contribution in [3.8, 4) is 5.75 Å². The zero-order chi connectivity index (χ0) is 22.7. The van der Waals surface area contributed by atoms with E-state index in [0.29, 0.717) is 24.0 Å². The molecule has 0 atom stereocenters. The second-order valence-electron chi connectivity index (χ2n) is 8.69. The molecule has 1 saturated heterocycles. The van der Waals surface area contributed by atoms with E-state index < -0.39 is 10.0 Å². The molecule has 1 aromatic rings. The van der Waals surface area contributed by atoms with Crippen LogP contribution in [0, 0.1) is 0 Å². The quantitative estimate of drug-likeness (QED) is 0.613. The molecular formula is C24H34N4O3S. The molecule has 32 heavy (non-hydrogen) atoms. The number of nitrogens with zero attached hydrogens (tertiary/aromatic N) is 4. The summed E-state index contributed by atoms with van der Waals surface area (Å²) in [6.45, 7) is 8.15. The van der Waals surface area contributed by atoms with Crippen LogP contribution in [0.3, 0.4) is 0 Å². The maximum absolute atomic E-state index is 13.4. The SMILES string of the molecule is COc1ccccc1/C(C)=C/C=C(\C)S(=O)(=O)N1CCN=C1N1CCN(C2CCC2)CC1. The van der Waals surface area contributed by atoms with Crippen LogP contribution < -0.4 is 4.74 Å². The zero-order valence-corrected chi connectivity index (χ0v) is 20.1. The van der Waals surface area contributed by atoms with Gasteiger partial charge in [0.15, 0.2) is 0 Å². The number of benzene rings is 1. The molecule has 0 radical (unpaired) electrons. The van der Waals surface area contributed by atoms with Crippen molar-refractivity contribution in [2.24, 2.45) is 4.99 Å². The third-order valence-corrected chi connectivity index (χ3v) is 8.64. The molecule has 3 aliphatic rings. The Balaban J connectivity index is 1.46. The molecule has 2 aliphatic heterocycles. The summed E-state index contributed by atoms with van der Waals surface area (Å²) in [6, 6.07) is 8.46. The number of hydrogen-bond donors (Lipinski definition) is 0. The van der Waals surface area contributed by atoms with Gasteiger partial charge in [0, 0.05) is 37.8 Å². The molecule has 0 N–H and O–H groups in total. The normalized spacial score (nSPS) is 21.5. The Morgan fingerprint density at radius 1 is 1.06 bits per heavy atom. The summed E-state index contributed by atoms with van der Waals surface area (Å²) in [6.07, 6.45) is 7.46. The summed E-state index contributed by atoms with van der Waals surface area (Å²) in [4.78, 5) is 9.57. The van der Waals surface area contributed by atoms with Crippen LogP contribution in [0.5, 0.6) is 5.75 Å². The van der Waals surface area contributed by atoms with Crippen molar-refractivity contribution in [3.63, 3.8) is 0 Å². The number of methoxy groups -OCH3 is 1. The highest BCUT2D eigenvalue weighted by Gasteiger charge is 2.36. The van der Waals surface area contributed by atoms with Gasteiger partial charge in [-0.25, -0.2) is 12.7 Å². The number of aliphatic imine (C=N–C) groups is 1. The number of allylic oxidation sites excluding steroid dienone is 4. The molecule has 0 spiro atoms. The summed E-state index contributed by atoms with van der Waals surface area (Å²) in [5.41, 5.74) is 1.89. The topological polar surface area (TPSA) is 65.5 Å². The first-order valence-corrected chi connectivity index (χ1v) is 12.9. The van der Waals surface area contributed by atoms with E-state index in [1.54, 1.807) is 20.1 Å². The fourth-order valence-electron chi connectivity index (χ4n) is 4.51. The predicted octanol–water partition coefficient (Wildman–Crippen LogP) is 3.17. The maximum atomic E-state index is 13.4. The molecular weight excluding hydrogens is 424 g/mol. The highest BCUT2D eigenvalue weighted by molar-refractivity contribution is 7.93. The number of rotatable bonds is 6. The second-order valence-corrected chi connectivity index (χ2v) is 10.7. The van der Waals surface area contributed by atoms with Gasteiger partial charge in [0.25, 0.3) is 10.0 Å². The first-order chi connectivity index (χ1) is 15.4. The molecule has 2 heterocycles. The van der Waals surface area contributed by atoms with Crippen LogP contribution in [-0.2, 0) is 10.0 Å². The van der Waals surface area contributed by atoms with E-state index in [2.05, 4.69) is 14.8 Å². The standard InChI is InChI=1S/C24H34N4O3S/c1-19(22-9-4-5-10-23(22)31-3)11-12-20(2)32(29,30)28-14-13-25-24(28)27-17-15-26(16-18-27)21-7-6-8-21/h4-5,9-12,21H,6-8,13-18H2,1-3H3/b19-11+,20-12+. The largest absolute Gasteiger partial charge is 0.496 e. The van der Waals surface area contributed by atoms with E-state index >= 15 is 0 Å². The zero-order valence-electron chi connectivity index (χ0n) is 19.3. The Hall–Kier alpha value is -2.32.